The standard InChI is InChI=1S/C12H16BrNO2S/c1-4-5-14(6-7-16-3)12(15)10-8-9(2)11(13)17-10/h4,8H,1,5-7H2,2-3H3. The first kappa shape index (κ1) is 14.4. The van der Waals surface area contributed by atoms with Gasteiger partial charge in [-0.2, -0.15) is 0 Å². The van der Waals surface area contributed by atoms with Gasteiger partial charge in [-0.15, -0.1) is 17.9 Å². The molecule has 94 valence electrons. The average Bonchev–Trinajstić information content (AvgIpc) is 2.64. The summed E-state index contributed by atoms with van der Waals surface area (Å²) in [5.74, 6) is 0.0285. The van der Waals surface area contributed by atoms with Gasteiger partial charge < -0.3 is 9.64 Å². The summed E-state index contributed by atoms with van der Waals surface area (Å²) in [6.07, 6.45) is 1.73. The number of methoxy groups -OCH3 is 1. The van der Waals surface area contributed by atoms with Gasteiger partial charge in [0.2, 0.25) is 0 Å². The molecule has 17 heavy (non-hydrogen) atoms. The molecule has 0 aromatic carbocycles. The van der Waals surface area contributed by atoms with Crippen molar-refractivity contribution in [3.05, 3.63) is 32.9 Å². The lowest BCUT2D eigenvalue weighted by Gasteiger charge is -2.19. The number of thiophene rings is 1. The molecule has 1 aromatic heterocycles. The molecule has 0 saturated heterocycles. The second-order valence-electron chi connectivity index (χ2n) is 3.60. The van der Waals surface area contributed by atoms with Crippen LogP contribution in [0.1, 0.15) is 15.2 Å². The van der Waals surface area contributed by atoms with Crippen LogP contribution in [0.15, 0.2) is 22.5 Å². The van der Waals surface area contributed by atoms with E-state index in [-0.39, 0.29) is 5.91 Å². The number of hydrogen-bond acceptors (Lipinski definition) is 3. The van der Waals surface area contributed by atoms with Crippen molar-refractivity contribution in [2.24, 2.45) is 0 Å². The topological polar surface area (TPSA) is 29.5 Å². The Labute approximate surface area is 114 Å². The molecule has 3 nitrogen and oxygen atoms in total. The molecule has 1 amide bonds. The predicted molar refractivity (Wildman–Crippen MR) is 74.7 cm³/mol. The number of carbonyl (C=O) groups is 1. The Kier molecular flexibility index (Phi) is 5.88. The van der Waals surface area contributed by atoms with Crippen molar-refractivity contribution in [3.8, 4) is 0 Å². The first-order valence-electron chi connectivity index (χ1n) is 5.25. The van der Waals surface area contributed by atoms with E-state index >= 15 is 0 Å². The van der Waals surface area contributed by atoms with Crippen LogP contribution in [0, 0.1) is 6.92 Å². The monoisotopic (exact) mass is 317 g/mol. The fourth-order valence-electron chi connectivity index (χ4n) is 1.35. The zero-order valence-electron chi connectivity index (χ0n) is 10.0. The van der Waals surface area contributed by atoms with Crippen LogP contribution in [0.25, 0.3) is 0 Å². The lowest BCUT2D eigenvalue weighted by Crippen LogP contribution is -2.33. The Morgan fingerprint density at radius 3 is 2.88 bits per heavy atom. The molecule has 0 aliphatic carbocycles. The number of rotatable bonds is 6. The normalized spacial score (nSPS) is 10.3. The average molecular weight is 318 g/mol. The molecule has 0 saturated carbocycles. The van der Waals surface area contributed by atoms with E-state index in [1.807, 2.05) is 13.0 Å². The number of amides is 1. The number of carbonyl (C=O) groups excluding carboxylic acids is 1. The highest BCUT2D eigenvalue weighted by atomic mass is 79.9. The van der Waals surface area contributed by atoms with Crippen molar-refractivity contribution in [2.45, 2.75) is 6.92 Å². The summed E-state index contributed by atoms with van der Waals surface area (Å²) in [6.45, 7) is 7.29. The van der Waals surface area contributed by atoms with Crippen molar-refractivity contribution in [3.63, 3.8) is 0 Å². The van der Waals surface area contributed by atoms with E-state index in [1.54, 1.807) is 18.1 Å². The van der Waals surface area contributed by atoms with Crippen LogP contribution in [0.4, 0.5) is 0 Å². The van der Waals surface area contributed by atoms with Crippen molar-refractivity contribution in [1.82, 2.24) is 4.90 Å². The molecule has 0 spiro atoms. The smallest absolute Gasteiger partial charge is 0.264 e. The second-order valence-corrected chi connectivity index (χ2v) is 5.97. The minimum absolute atomic E-state index is 0.0285. The molecule has 0 radical (unpaired) electrons. The van der Waals surface area contributed by atoms with Crippen molar-refractivity contribution < 1.29 is 9.53 Å². The zero-order valence-corrected chi connectivity index (χ0v) is 12.4. The Morgan fingerprint density at radius 1 is 1.71 bits per heavy atom. The molecule has 1 aromatic rings. The fourth-order valence-corrected chi connectivity index (χ4v) is 2.86. The molecule has 0 N–H and O–H groups in total. The van der Waals surface area contributed by atoms with Crippen molar-refractivity contribution in [2.75, 3.05) is 26.8 Å². The van der Waals surface area contributed by atoms with E-state index in [4.69, 9.17) is 4.74 Å². The van der Waals surface area contributed by atoms with Gasteiger partial charge in [0.1, 0.15) is 0 Å². The van der Waals surface area contributed by atoms with Gasteiger partial charge in [-0.1, -0.05) is 6.08 Å². The van der Waals surface area contributed by atoms with Crippen LogP contribution < -0.4 is 0 Å². The second kappa shape index (κ2) is 6.93. The van der Waals surface area contributed by atoms with E-state index in [0.717, 1.165) is 14.2 Å². The van der Waals surface area contributed by atoms with E-state index in [0.29, 0.717) is 19.7 Å². The van der Waals surface area contributed by atoms with Crippen LogP contribution in [0.3, 0.4) is 0 Å². The fraction of sp³-hybridized carbons (Fsp3) is 0.417. The summed E-state index contributed by atoms with van der Waals surface area (Å²) in [6, 6.07) is 1.90. The van der Waals surface area contributed by atoms with Crippen molar-refractivity contribution >= 4 is 33.2 Å². The first-order valence-corrected chi connectivity index (χ1v) is 6.86. The van der Waals surface area contributed by atoms with E-state index in [2.05, 4.69) is 22.5 Å². The number of ether oxygens (including phenoxy) is 1. The van der Waals surface area contributed by atoms with E-state index < -0.39 is 0 Å². The minimum atomic E-state index is 0.0285. The summed E-state index contributed by atoms with van der Waals surface area (Å²) in [5.41, 5.74) is 1.09. The molecule has 0 bridgehead atoms. The third-order valence-corrected chi connectivity index (χ3v) is 4.39. The highest BCUT2D eigenvalue weighted by Gasteiger charge is 2.17. The van der Waals surface area contributed by atoms with E-state index in [1.165, 1.54) is 11.3 Å². The quantitative estimate of drug-likeness (QED) is 0.754. The number of nitrogens with zero attached hydrogens (tertiary/aromatic N) is 1. The van der Waals surface area contributed by atoms with Crippen LogP contribution in [-0.2, 0) is 4.74 Å². The summed E-state index contributed by atoms with van der Waals surface area (Å²) in [7, 11) is 1.63. The van der Waals surface area contributed by atoms with Gasteiger partial charge in [0, 0.05) is 20.2 Å². The Balaban J connectivity index is 2.79. The highest BCUT2D eigenvalue weighted by Crippen LogP contribution is 2.28. The third-order valence-electron chi connectivity index (χ3n) is 2.27. The van der Waals surface area contributed by atoms with Crippen LogP contribution in [0.2, 0.25) is 0 Å². The zero-order chi connectivity index (χ0) is 12.8. The number of aryl methyl sites for hydroxylation is 1. The molecular formula is C12H16BrNO2S. The predicted octanol–water partition coefficient (Wildman–Crippen LogP) is 3.09. The Morgan fingerprint density at radius 2 is 2.41 bits per heavy atom. The summed E-state index contributed by atoms with van der Waals surface area (Å²) >= 11 is 4.89. The summed E-state index contributed by atoms with van der Waals surface area (Å²) in [4.78, 5) is 14.7. The molecule has 0 unspecified atom stereocenters. The highest BCUT2D eigenvalue weighted by molar-refractivity contribution is 9.11. The lowest BCUT2D eigenvalue weighted by molar-refractivity contribution is 0.0723. The van der Waals surface area contributed by atoms with Gasteiger partial charge >= 0.3 is 0 Å². The maximum atomic E-state index is 12.2. The SMILES string of the molecule is C=CCN(CCOC)C(=O)c1cc(C)c(Br)s1. The molecule has 5 heteroatoms. The molecule has 1 rings (SSSR count). The molecule has 0 atom stereocenters. The number of halogens is 1. The molecule has 1 heterocycles. The van der Waals surface area contributed by atoms with Gasteiger partial charge in [0.05, 0.1) is 15.3 Å². The molecule has 0 aliphatic rings. The van der Waals surface area contributed by atoms with Crippen LogP contribution >= 0.6 is 27.3 Å². The van der Waals surface area contributed by atoms with E-state index in [9.17, 15) is 4.79 Å². The third kappa shape index (κ3) is 3.94. The van der Waals surface area contributed by atoms with Gasteiger partial charge in [-0.05, 0) is 34.5 Å². The summed E-state index contributed by atoms with van der Waals surface area (Å²) in [5, 5.41) is 0. The Bertz CT molecular complexity index is 384. The largest absolute Gasteiger partial charge is 0.383 e. The molecule has 0 fully saturated rings. The minimum Gasteiger partial charge on any atom is -0.383 e. The summed E-state index contributed by atoms with van der Waals surface area (Å²) < 4.78 is 6.01. The maximum absolute atomic E-state index is 12.2. The van der Waals surface area contributed by atoms with Crippen LogP contribution in [0.5, 0.6) is 0 Å². The molecule has 0 aliphatic heterocycles. The van der Waals surface area contributed by atoms with Gasteiger partial charge in [-0.3, -0.25) is 4.79 Å². The van der Waals surface area contributed by atoms with Crippen molar-refractivity contribution in [1.29, 1.82) is 0 Å². The van der Waals surface area contributed by atoms with Crippen LogP contribution in [-0.4, -0.2) is 37.6 Å². The van der Waals surface area contributed by atoms with Gasteiger partial charge in [0.15, 0.2) is 0 Å². The van der Waals surface area contributed by atoms with Gasteiger partial charge in [-0.25, -0.2) is 0 Å². The molecular weight excluding hydrogens is 302 g/mol. The number of hydrogen-bond donors (Lipinski definition) is 0. The Hall–Kier alpha value is -0.650. The lowest BCUT2D eigenvalue weighted by atomic mass is 10.3. The van der Waals surface area contributed by atoms with Gasteiger partial charge in [0.25, 0.3) is 5.91 Å². The first-order chi connectivity index (χ1) is 8.10. The maximum Gasteiger partial charge on any atom is 0.264 e.